The lowest BCUT2D eigenvalue weighted by molar-refractivity contribution is 0.683. The van der Waals surface area contributed by atoms with E-state index in [-0.39, 0.29) is 0 Å². The molecular formula is C14H21N5. The van der Waals surface area contributed by atoms with Gasteiger partial charge in [0.1, 0.15) is 5.82 Å². The van der Waals surface area contributed by atoms with Gasteiger partial charge in [-0.25, -0.2) is 4.98 Å². The van der Waals surface area contributed by atoms with Crippen molar-refractivity contribution in [3.63, 3.8) is 0 Å². The van der Waals surface area contributed by atoms with Crippen LogP contribution < -0.4 is 11.1 Å². The molecule has 3 rings (SSSR count). The summed E-state index contributed by atoms with van der Waals surface area (Å²) in [4.78, 5) is 4.62. The highest BCUT2D eigenvalue weighted by molar-refractivity contribution is 5.50. The Labute approximate surface area is 113 Å². The van der Waals surface area contributed by atoms with Gasteiger partial charge in [0.2, 0.25) is 0 Å². The van der Waals surface area contributed by atoms with E-state index in [1.54, 1.807) is 6.20 Å². The average Bonchev–Trinajstić information content (AvgIpc) is 2.97. The highest BCUT2D eigenvalue weighted by Crippen LogP contribution is 2.24. The van der Waals surface area contributed by atoms with Gasteiger partial charge in [0.15, 0.2) is 5.65 Å². The molecule has 0 spiro atoms. The smallest absolute Gasteiger partial charge is 0.157 e. The summed E-state index contributed by atoms with van der Waals surface area (Å²) in [5, 5.41) is 7.92. The second-order valence-corrected chi connectivity index (χ2v) is 5.74. The zero-order valence-corrected chi connectivity index (χ0v) is 11.5. The molecular weight excluding hydrogens is 238 g/mol. The third-order valence-corrected chi connectivity index (χ3v) is 3.80. The van der Waals surface area contributed by atoms with Crippen LogP contribution in [0, 0.1) is 0 Å². The SMILES string of the molecule is CC(C)c1cc(N[C@H]2CC[C@H](N)C2)n2nccc2n1. The van der Waals surface area contributed by atoms with Crippen LogP contribution in [-0.4, -0.2) is 26.7 Å². The van der Waals surface area contributed by atoms with Crippen molar-refractivity contribution in [1.82, 2.24) is 14.6 Å². The van der Waals surface area contributed by atoms with Crippen molar-refractivity contribution < 1.29 is 0 Å². The Balaban J connectivity index is 1.94. The van der Waals surface area contributed by atoms with Gasteiger partial charge >= 0.3 is 0 Å². The largest absolute Gasteiger partial charge is 0.367 e. The van der Waals surface area contributed by atoms with Gasteiger partial charge in [0, 0.05) is 29.9 Å². The summed E-state index contributed by atoms with van der Waals surface area (Å²) in [5.41, 5.74) is 7.97. The van der Waals surface area contributed by atoms with Crippen LogP contribution in [0.2, 0.25) is 0 Å². The third-order valence-electron chi connectivity index (χ3n) is 3.80. The Kier molecular flexibility index (Phi) is 3.14. The molecule has 5 nitrogen and oxygen atoms in total. The van der Waals surface area contributed by atoms with Crippen LogP contribution in [0.1, 0.15) is 44.7 Å². The minimum Gasteiger partial charge on any atom is -0.367 e. The number of rotatable bonds is 3. The summed E-state index contributed by atoms with van der Waals surface area (Å²) < 4.78 is 1.87. The molecule has 19 heavy (non-hydrogen) atoms. The highest BCUT2D eigenvalue weighted by atomic mass is 15.3. The molecule has 0 saturated heterocycles. The molecule has 102 valence electrons. The molecule has 0 aromatic carbocycles. The maximum atomic E-state index is 5.97. The van der Waals surface area contributed by atoms with Crippen LogP contribution in [0.4, 0.5) is 5.82 Å². The van der Waals surface area contributed by atoms with Crippen LogP contribution in [0.15, 0.2) is 18.3 Å². The first-order valence-electron chi connectivity index (χ1n) is 7.00. The van der Waals surface area contributed by atoms with E-state index >= 15 is 0 Å². The first-order valence-corrected chi connectivity index (χ1v) is 7.00. The van der Waals surface area contributed by atoms with Gasteiger partial charge in [0.25, 0.3) is 0 Å². The number of nitrogens with two attached hydrogens (primary N) is 1. The lowest BCUT2D eigenvalue weighted by Gasteiger charge is -2.16. The zero-order chi connectivity index (χ0) is 13.4. The van der Waals surface area contributed by atoms with E-state index in [0.29, 0.717) is 18.0 Å². The molecule has 1 aliphatic rings. The van der Waals surface area contributed by atoms with Crippen LogP contribution in [0.25, 0.3) is 5.65 Å². The Morgan fingerprint density at radius 1 is 1.42 bits per heavy atom. The summed E-state index contributed by atoms with van der Waals surface area (Å²) >= 11 is 0. The van der Waals surface area contributed by atoms with E-state index in [2.05, 4.69) is 35.3 Å². The van der Waals surface area contributed by atoms with Crippen LogP contribution in [0.3, 0.4) is 0 Å². The van der Waals surface area contributed by atoms with Crippen molar-refractivity contribution in [2.24, 2.45) is 5.73 Å². The third kappa shape index (κ3) is 2.42. The van der Waals surface area contributed by atoms with E-state index < -0.39 is 0 Å². The molecule has 2 atom stereocenters. The predicted molar refractivity (Wildman–Crippen MR) is 76.3 cm³/mol. The molecule has 0 unspecified atom stereocenters. The summed E-state index contributed by atoms with van der Waals surface area (Å²) in [6, 6.07) is 4.83. The minimum atomic E-state index is 0.331. The number of anilines is 1. The zero-order valence-electron chi connectivity index (χ0n) is 11.5. The van der Waals surface area contributed by atoms with E-state index in [4.69, 9.17) is 5.73 Å². The van der Waals surface area contributed by atoms with Gasteiger partial charge in [-0.05, 0) is 25.2 Å². The van der Waals surface area contributed by atoms with Gasteiger partial charge in [-0.15, -0.1) is 0 Å². The minimum absolute atomic E-state index is 0.331. The quantitative estimate of drug-likeness (QED) is 0.886. The number of hydrogen-bond donors (Lipinski definition) is 2. The number of nitrogens with zero attached hydrogens (tertiary/aromatic N) is 3. The van der Waals surface area contributed by atoms with Gasteiger partial charge in [-0.1, -0.05) is 13.8 Å². The van der Waals surface area contributed by atoms with Crippen molar-refractivity contribution in [1.29, 1.82) is 0 Å². The summed E-state index contributed by atoms with van der Waals surface area (Å²) in [6.07, 6.45) is 5.05. The van der Waals surface area contributed by atoms with Gasteiger partial charge < -0.3 is 11.1 Å². The molecule has 1 saturated carbocycles. The number of aromatic nitrogens is 3. The Hall–Kier alpha value is -1.62. The molecule has 2 aromatic rings. The van der Waals surface area contributed by atoms with Gasteiger partial charge in [-0.3, -0.25) is 0 Å². The lowest BCUT2D eigenvalue weighted by Crippen LogP contribution is -2.22. The molecule has 1 aliphatic carbocycles. The molecule has 0 aliphatic heterocycles. The Morgan fingerprint density at radius 2 is 2.26 bits per heavy atom. The Bertz CT molecular complexity index is 574. The molecule has 0 amide bonds. The maximum absolute atomic E-state index is 5.97. The molecule has 0 bridgehead atoms. The van der Waals surface area contributed by atoms with Crippen molar-refractivity contribution in [3.05, 3.63) is 24.0 Å². The van der Waals surface area contributed by atoms with E-state index in [1.165, 1.54) is 0 Å². The van der Waals surface area contributed by atoms with Crippen LogP contribution >= 0.6 is 0 Å². The monoisotopic (exact) mass is 259 g/mol. The average molecular weight is 259 g/mol. The molecule has 2 aromatic heterocycles. The Morgan fingerprint density at radius 3 is 2.95 bits per heavy atom. The fourth-order valence-corrected chi connectivity index (χ4v) is 2.69. The molecule has 2 heterocycles. The van der Waals surface area contributed by atoms with Gasteiger partial charge in [-0.2, -0.15) is 9.61 Å². The summed E-state index contributed by atoms with van der Waals surface area (Å²) in [5.74, 6) is 1.43. The van der Waals surface area contributed by atoms with Crippen molar-refractivity contribution >= 4 is 11.5 Å². The number of fused-ring (bicyclic) bond motifs is 1. The summed E-state index contributed by atoms with van der Waals surface area (Å²) in [7, 11) is 0. The second-order valence-electron chi connectivity index (χ2n) is 5.74. The molecule has 5 heteroatoms. The maximum Gasteiger partial charge on any atom is 0.157 e. The highest BCUT2D eigenvalue weighted by Gasteiger charge is 2.22. The standard InChI is InChI=1S/C14H21N5/c1-9(2)12-8-14(17-11-4-3-10(15)7-11)19-13(18-12)5-6-16-19/h5-6,8-11,17H,3-4,7,15H2,1-2H3/t10-,11-/m0/s1. The van der Waals surface area contributed by atoms with Crippen molar-refractivity contribution in [3.8, 4) is 0 Å². The number of nitrogens with one attached hydrogen (secondary N) is 1. The normalized spacial score (nSPS) is 23.4. The number of hydrogen-bond acceptors (Lipinski definition) is 4. The fraction of sp³-hybridized carbons (Fsp3) is 0.571. The van der Waals surface area contributed by atoms with E-state index in [1.807, 2.05) is 10.6 Å². The van der Waals surface area contributed by atoms with Crippen molar-refractivity contribution in [2.45, 2.75) is 51.1 Å². The molecule has 0 radical (unpaired) electrons. The van der Waals surface area contributed by atoms with Crippen molar-refractivity contribution in [2.75, 3.05) is 5.32 Å². The predicted octanol–water partition coefficient (Wildman–Crippen LogP) is 2.14. The molecule has 1 fully saturated rings. The van der Waals surface area contributed by atoms with Gasteiger partial charge in [0.05, 0.1) is 6.20 Å². The second kappa shape index (κ2) is 4.81. The molecule has 3 N–H and O–H groups in total. The first-order chi connectivity index (χ1) is 9.13. The van der Waals surface area contributed by atoms with Crippen LogP contribution in [-0.2, 0) is 0 Å². The lowest BCUT2D eigenvalue weighted by atomic mass is 10.1. The van der Waals surface area contributed by atoms with E-state index in [9.17, 15) is 0 Å². The summed E-state index contributed by atoms with van der Waals surface area (Å²) in [6.45, 7) is 4.31. The van der Waals surface area contributed by atoms with Crippen LogP contribution in [0.5, 0.6) is 0 Å². The fourth-order valence-electron chi connectivity index (χ4n) is 2.69. The topological polar surface area (TPSA) is 68.2 Å². The van der Waals surface area contributed by atoms with E-state index in [0.717, 1.165) is 36.4 Å². The first kappa shape index (κ1) is 12.4.